The predicted octanol–water partition coefficient (Wildman–Crippen LogP) is 1.21. The normalized spacial score (nSPS) is 10.7. The van der Waals surface area contributed by atoms with Gasteiger partial charge in [0, 0.05) is 10.2 Å². The third-order valence-electron chi connectivity index (χ3n) is 1.14. The highest BCUT2D eigenvalue weighted by atomic mass is 28.1. The van der Waals surface area contributed by atoms with Crippen molar-refractivity contribution in [2.45, 2.75) is 32.7 Å². The third-order valence-corrected chi connectivity index (χ3v) is 1.84. The Hall–Kier alpha value is 0.217. The van der Waals surface area contributed by atoms with E-state index in [1.165, 1.54) is 29.1 Å². The van der Waals surface area contributed by atoms with Crippen molar-refractivity contribution in [2.75, 3.05) is 0 Å². The first kappa shape index (κ1) is 7.22. The van der Waals surface area contributed by atoms with Crippen LogP contribution in [0.5, 0.6) is 0 Å². The van der Waals surface area contributed by atoms with Crippen molar-refractivity contribution in [1.82, 2.24) is 0 Å². The molecule has 1 heteroatoms. The molecule has 0 nitrogen and oxygen atoms in total. The maximum Gasteiger partial charge on any atom is 0.00279 e. The highest BCUT2D eigenvalue weighted by Gasteiger charge is 1.88. The van der Waals surface area contributed by atoms with Crippen LogP contribution in [0.2, 0.25) is 6.04 Å². The lowest BCUT2D eigenvalue weighted by Gasteiger charge is -1.98. The monoisotopic (exact) mass is 116 g/mol. The minimum atomic E-state index is 0.925. The van der Waals surface area contributed by atoms with Gasteiger partial charge in [0.25, 0.3) is 0 Å². The van der Waals surface area contributed by atoms with E-state index in [9.17, 15) is 0 Å². The van der Waals surface area contributed by atoms with Gasteiger partial charge >= 0.3 is 0 Å². The average molecular weight is 116 g/mol. The Bertz CT molecular complexity index is 33.2. The summed E-state index contributed by atoms with van der Waals surface area (Å²) in [5, 5.41) is 0. The SMILES string of the molecule is CC(C)CCC[SiH3]. The van der Waals surface area contributed by atoms with Crippen molar-refractivity contribution in [3.05, 3.63) is 0 Å². The highest BCUT2D eigenvalue weighted by Crippen LogP contribution is 2.03. The summed E-state index contributed by atoms with van der Waals surface area (Å²) in [6, 6.07) is 1.48. The summed E-state index contributed by atoms with van der Waals surface area (Å²) >= 11 is 0. The molecule has 0 heterocycles. The fourth-order valence-electron chi connectivity index (χ4n) is 0.612. The molecule has 44 valence electrons. The molecular formula is C6H16Si. The predicted molar refractivity (Wildman–Crippen MR) is 38.8 cm³/mol. The molecule has 0 saturated carbocycles. The van der Waals surface area contributed by atoms with Crippen LogP contribution in [-0.4, -0.2) is 10.2 Å². The molecule has 0 spiro atoms. The first-order valence-corrected chi connectivity index (χ1v) is 4.68. The lowest BCUT2D eigenvalue weighted by molar-refractivity contribution is 0.576. The van der Waals surface area contributed by atoms with Crippen LogP contribution < -0.4 is 0 Å². The number of hydrogen-bond donors (Lipinski definition) is 0. The molecule has 0 aliphatic heterocycles. The van der Waals surface area contributed by atoms with Gasteiger partial charge in [0.15, 0.2) is 0 Å². The largest absolute Gasteiger partial charge is 0.0658 e. The van der Waals surface area contributed by atoms with Crippen LogP contribution in [0.3, 0.4) is 0 Å². The van der Waals surface area contributed by atoms with Crippen molar-refractivity contribution in [2.24, 2.45) is 5.92 Å². The van der Waals surface area contributed by atoms with E-state index in [4.69, 9.17) is 0 Å². The summed E-state index contributed by atoms with van der Waals surface area (Å²) in [5.74, 6) is 0.925. The maximum atomic E-state index is 2.29. The molecule has 0 fully saturated rings. The molecule has 0 rings (SSSR count). The van der Waals surface area contributed by atoms with Gasteiger partial charge in [0.2, 0.25) is 0 Å². The van der Waals surface area contributed by atoms with Gasteiger partial charge < -0.3 is 0 Å². The van der Waals surface area contributed by atoms with Crippen LogP contribution in [0.4, 0.5) is 0 Å². The van der Waals surface area contributed by atoms with Gasteiger partial charge in [-0.3, -0.25) is 0 Å². The van der Waals surface area contributed by atoms with Gasteiger partial charge in [0.05, 0.1) is 0 Å². The molecule has 0 aliphatic carbocycles. The minimum Gasteiger partial charge on any atom is -0.0658 e. The van der Waals surface area contributed by atoms with Crippen molar-refractivity contribution in [3.8, 4) is 0 Å². The average Bonchev–Trinajstić information content (AvgIpc) is 1.61. The molecule has 0 amide bonds. The molecule has 0 radical (unpaired) electrons. The number of rotatable bonds is 3. The van der Waals surface area contributed by atoms with E-state index in [1.54, 1.807) is 0 Å². The number of hydrogen-bond acceptors (Lipinski definition) is 0. The van der Waals surface area contributed by atoms with Crippen LogP contribution >= 0.6 is 0 Å². The lowest BCUT2D eigenvalue weighted by atomic mass is 10.1. The molecule has 0 bridgehead atoms. The van der Waals surface area contributed by atoms with Gasteiger partial charge in [-0.1, -0.05) is 32.7 Å². The highest BCUT2D eigenvalue weighted by molar-refractivity contribution is 6.08. The van der Waals surface area contributed by atoms with Crippen molar-refractivity contribution in [3.63, 3.8) is 0 Å². The van der Waals surface area contributed by atoms with Crippen LogP contribution in [-0.2, 0) is 0 Å². The molecule has 0 atom stereocenters. The first-order chi connectivity index (χ1) is 3.27. The van der Waals surface area contributed by atoms with E-state index in [0.717, 1.165) is 5.92 Å². The summed E-state index contributed by atoms with van der Waals surface area (Å²) in [4.78, 5) is 0. The summed E-state index contributed by atoms with van der Waals surface area (Å²) < 4.78 is 0. The second-order valence-electron chi connectivity index (χ2n) is 2.54. The van der Waals surface area contributed by atoms with Crippen LogP contribution in [0, 0.1) is 5.92 Å². The summed E-state index contributed by atoms with van der Waals surface area (Å²) in [5.41, 5.74) is 0. The van der Waals surface area contributed by atoms with Gasteiger partial charge in [-0.25, -0.2) is 0 Å². The fourth-order valence-corrected chi connectivity index (χ4v) is 1.02. The smallest absolute Gasteiger partial charge is 0.00279 e. The Morgan fingerprint density at radius 1 is 1.43 bits per heavy atom. The lowest BCUT2D eigenvalue weighted by Crippen LogP contribution is -1.84. The Balaban J connectivity index is 2.68. The summed E-state index contributed by atoms with van der Waals surface area (Å²) in [6.07, 6.45) is 2.90. The van der Waals surface area contributed by atoms with E-state index in [0.29, 0.717) is 0 Å². The molecule has 0 aromatic rings. The van der Waals surface area contributed by atoms with Crippen LogP contribution in [0.1, 0.15) is 26.7 Å². The van der Waals surface area contributed by atoms with Crippen molar-refractivity contribution >= 4 is 10.2 Å². The molecule has 0 unspecified atom stereocenters. The zero-order valence-electron chi connectivity index (χ0n) is 5.70. The molecule has 0 aromatic heterocycles. The molecule has 0 aromatic carbocycles. The second-order valence-corrected chi connectivity index (χ2v) is 3.54. The summed E-state index contributed by atoms with van der Waals surface area (Å²) in [6.45, 7) is 4.58. The molecule has 0 saturated heterocycles. The molecular weight excluding hydrogens is 100 g/mol. The molecule has 0 aliphatic rings. The van der Waals surface area contributed by atoms with E-state index in [2.05, 4.69) is 13.8 Å². The zero-order valence-corrected chi connectivity index (χ0v) is 7.70. The summed E-state index contributed by atoms with van der Waals surface area (Å²) in [7, 11) is 1.39. The quantitative estimate of drug-likeness (QED) is 0.486. The van der Waals surface area contributed by atoms with E-state index < -0.39 is 0 Å². The third kappa shape index (κ3) is 6.22. The standard InChI is InChI=1S/C6H16Si/c1-6(2)4-3-5-7/h6H,3-5H2,1-2,7H3. The van der Waals surface area contributed by atoms with Crippen LogP contribution in [0.15, 0.2) is 0 Å². The van der Waals surface area contributed by atoms with Crippen molar-refractivity contribution < 1.29 is 0 Å². The minimum absolute atomic E-state index is 0.925. The topological polar surface area (TPSA) is 0 Å². The first-order valence-electron chi connectivity index (χ1n) is 3.27. The Kier molecular flexibility index (Phi) is 4.51. The van der Waals surface area contributed by atoms with E-state index in [1.807, 2.05) is 0 Å². The zero-order chi connectivity index (χ0) is 5.70. The van der Waals surface area contributed by atoms with Crippen LogP contribution in [0.25, 0.3) is 0 Å². The molecule has 7 heavy (non-hydrogen) atoms. The van der Waals surface area contributed by atoms with Gasteiger partial charge in [0.1, 0.15) is 0 Å². The van der Waals surface area contributed by atoms with E-state index >= 15 is 0 Å². The van der Waals surface area contributed by atoms with Gasteiger partial charge in [-0.15, -0.1) is 0 Å². The van der Waals surface area contributed by atoms with Gasteiger partial charge in [-0.2, -0.15) is 0 Å². The maximum absolute atomic E-state index is 2.29. The Morgan fingerprint density at radius 2 is 2.00 bits per heavy atom. The second kappa shape index (κ2) is 4.38. The van der Waals surface area contributed by atoms with Crippen molar-refractivity contribution in [1.29, 1.82) is 0 Å². The Morgan fingerprint density at radius 3 is 2.14 bits per heavy atom. The fraction of sp³-hybridized carbons (Fsp3) is 1.00. The molecule has 0 N–H and O–H groups in total. The Labute approximate surface area is 49.7 Å². The van der Waals surface area contributed by atoms with Gasteiger partial charge in [-0.05, 0) is 5.92 Å². The van der Waals surface area contributed by atoms with E-state index in [-0.39, 0.29) is 0 Å².